The lowest BCUT2D eigenvalue weighted by Gasteiger charge is -2.42. The number of rotatable bonds is 28. The van der Waals surface area contributed by atoms with E-state index < -0.39 is 64.5 Å². The number of unbranched alkanes of at least 4 members (excludes halogenated alkanes) is 1. The van der Waals surface area contributed by atoms with E-state index in [4.69, 9.17) is 30.7 Å². The molecule has 0 aromatic rings. The van der Waals surface area contributed by atoms with Crippen molar-refractivity contribution in [3.63, 3.8) is 0 Å². The number of likely N-dealkylation sites (N-methyl/N-ethyl adjacent to an activating group) is 1. The molecule has 0 saturated heterocycles. The van der Waals surface area contributed by atoms with Crippen LogP contribution in [0, 0.1) is 0 Å². The molecule has 292 valence electrons. The molecule has 0 N–H and O–H groups in total. The molecule has 1 unspecified atom stereocenters. The van der Waals surface area contributed by atoms with Gasteiger partial charge in [0.1, 0.15) is 12.6 Å². The third-order valence-electron chi connectivity index (χ3n) is 7.46. The van der Waals surface area contributed by atoms with E-state index in [9.17, 15) is 17.8 Å². The van der Waals surface area contributed by atoms with Crippen LogP contribution in [0.15, 0.2) is 12.2 Å². The van der Waals surface area contributed by atoms with Gasteiger partial charge in [0.2, 0.25) is 0 Å². The first-order valence-corrected chi connectivity index (χ1v) is 33.8. The van der Waals surface area contributed by atoms with Gasteiger partial charge in [-0.1, -0.05) is 26.3 Å². The van der Waals surface area contributed by atoms with E-state index in [-0.39, 0.29) is 25.4 Å². The molecule has 49 heavy (non-hydrogen) atoms. The van der Waals surface area contributed by atoms with Crippen LogP contribution in [0.25, 0.3) is 0 Å². The van der Waals surface area contributed by atoms with E-state index in [1.54, 1.807) is 6.92 Å². The number of hydrogen-bond acceptors (Lipinski definition) is 11. The topological polar surface area (TPSA) is 139 Å². The minimum atomic E-state index is -4.23. The summed E-state index contributed by atoms with van der Waals surface area (Å²) in [6.07, 6.45) is 2.82. The molecule has 12 nitrogen and oxygen atoms in total. The molecule has 0 aromatic heterocycles. The fraction of sp³-hybridized carbons (Fsp3) is 0.903. The maximum Gasteiger partial charge on any atom is 0.333 e. The van der Waals surface area contributed by atoms with Gasteiger partial charge in [0.25, 0.3) is 0 Å². The van der Waals surface area contributed by atoms with Crippen LogP contribution in [0.2, 0.25) is 77.6 Å². The average molecular weight is 806 g/mol. The van der Waals surface area contributed by atoms with Crippen LogP contribution >= 0.6 is 0 Å². The molecule has 0 heterocycles. The summed E-state index contributed by atoms with van der Waals surface area (Å²) in [5.41, 5.74) is 0.294. The Morgan fingerprint density at radius 2 is 1.18 bits per heavy atom. The van der Waals surface area contributed by atoms with E-state index in [0.29, 0.717) is 36.4 Å². The summed E-state index contributed by atoms with van der Waals surface area (Å²) in [4.78, 5) is 12.2. The lowest BCUT2D eigenvalue weighted by molar-refractivity contribution is -0.890. The van der Waals surface area contributed by atoms with Crippen molar-refractivity contribution in [3.8, 4) is 0 Å². The molecule has 0 rings (SSSR count). The van der Waals surface area contributed by atoms with Crippen molar-refractivity contribution in [3.05, 3.63) is 12.2 Å². The minimum Gasteiger partial charge on any atom is -0.748 e. The van der Waals surface area contributed by atoms with Gasteiger partial charge in [0, 0.05) is 24.4 Å². The highest BCUT2D eigenvalue weighted by Gasteiger charge is 2.45. The van der Waals surface area contributed by atoms with Gasteiger partial charge in [-0.05, 0) is 90.9 Å². The maximum atomic E-state index is 12.2. The van der Waals surface area contributed by atoms with Crippen molar-refractivity contribution in [2.75, 3.05) is 59.4 Å². The van der Waals surface area contributed by atoms with Crippen molar-refractivity contribution in [1.29, 1.82) is 0 Å². The first kappa shape index (κ1) is 48.9. The van der Waals surface area contributed by atoms with Crippen LogP contribution in [0.3, 0.4) is 0 Å². The lowest BCUT2D eigenvalue weighted by atomic mass is 10.3. The summed E-state index contributed by atoms with van der Waals surface area (Å²) in [6, 6.07) is 2.01. The molecule has 0 aliphatic carbocycles. The molecular formula is C31H71NO11SSi5. The highest BCUT2D eigenvalue weighted by Crippen LogP contribution is 2.28. The molecule has 0 radical (unpaired) electrons. The number of hydrogen-bond donors (Lipinski definition) is 0. The summed E-state index contributed by atoms with van der Waals surface area (Å²) < 4.78 is 77.3. The quantitative estimate of drug-likeness (QED) is 0.0220. The first-order chi connectivity index (χ1) is 22.0. The van der Waals surface area contributed by atoms with Crippen molar-refractivity contribution >= 4 is 58.4 Å². The minimum absolute atomic E-state index is 0.152. The van der Waals surface area contributed by atoms with Gasteiger partial charge in [-0.2, -0.15) is 0 Å². The molecule has 18 heteroatoms. The fourth-order valence-electron chi connectivity index (χ4n) is 5.77. The molecule has 1 atom stereocenters. The SMILES string of the molecule is C=C(C)C(=O)OC(COCCC[Si](C)(C)O[Si](C)(C)O[Si](C)(C)O[Si](C)(C)O[Si](C)(C)CCCC)COCC[N+](C)(C)CCCS(=O)(=O)[O-]. The smallest absolute Gasteiger partial charge is 0.333 e. The third-order valence-corrected chi connectivity index (χ3v) is 27.6. The molecule has 0 aromatic carbocycles. The summed E-state index contributed by atoms with van der Waals surface area (Å²) in [6.45, 7) is 31.4. The fourth-order valence-corrected chi connectivity index (χ4v) is 31.0. The summed E-state index contributed by atoms with van der Waals surface area (Å²) >= 11 is 0. The standard InChI is InChI=1S/C31H71NO11SSi5/c1-16-17-25-45(6,7)40-47(10,11)42-49(14,15)43-48(12,13)41-46(8,9)26-19-22-37-27-30(39-31(33)29(2)3)28-38-23-21-32(4,5)20-18-24-44(34,35)36/h30H,2,16-28H2,1,3-15H3. The first-order valence-electron chi connectivity index (χ1n) is 17.6. The number of ether oxygens (including phenoxy) is 3. The predicted octanol–water partition coefficient (Wildman–Crippen LogP) is 6.29. The van der Waals surface area contributed by atoms with Gasteiger partial charge >= 0.3 is 31.7 Å². The van der Waals surface area contributed by atoms with Crippen LogP contribution in [0.1, 0.15) is 39.5 Å². The molecule has 0 aliphatic rings. The number of carbonyl (C=O) groups is 1. The predicted molar refractivity (Wildman–Crippen MR) is 208 cm³/mol. The van der Waals surface area contributed by atoms with E-state index in [0.717, 1.165) is 18.5 Å². The lowest BCUT2D eigenvalue weighted by Crippen LogP contribution is -2.58. The molecule has 0 saturated carbocycles. The Bertz CT molecular complexity index is 1120. The second-order valence-corrected chi connectivity index (χ2v) is 37.5. The number of carbonyl (C=O) groups excluding carboxylic acids is 1. The van der Waals surface area contributed by atoms with E-state index in [1.165, 1.54) is 12.8 Å². The molecule has 0 spiro atoms. The average Bonchev–Trinajstić information content (AvgIpc) is 2.85. The highest BCUT2D eigenvalue weighted by molar-refractivity contribution is 7.85. The van der Waals surface area contributed by atoms with E-state index in [1.807, 2.05) is 14.1 Å². The third kappa shape index (κ3) is 26.4. The Morgan fingerprint density at radius 1 is 0.735 bits per heavy atom. The second kappa shape index (κ2) is 21.0. The van der Waals surface area contributed by atoms with Gasteiger partial charge in [-0.3, -0.25) is 0 Å². The molecule has 0 aliphatic heterocycles. The monoisotopic (exact) mass is 805 g/mol. The van der Waals surface area contributed by atoms with Crippen LogP contribution < -0.4 is 0 Å². The molecular weight excluding hydrogens is 735 g/mol. The van der Waals surface area contributed by atoms with Crippen molar-refractivity contribution in [2.45, 2.75) is 123 Å². The van der Waals surface area contributed by atoms with Gasteiger partial charge in [-0.25, -0.2) is 13.2 Å². The Morgan fingerprint density at radius 3 is 1.63 bits per heavy atom. The van der Waals surface area contributed by atoms with Gasteiger partial charge in [-0.15, -0.1) is 0 Å². The summed E-state index contributed by atoms with van der Waals surface area (Å²) in [5.74, 6) is -0.884. The highest BCUT2D eigenvalue weighted by atomic mass is 32.2. The summed E-state index contributed by atoms with van der Waals surface area (Å²) in [7, 11) is -11.7. The van der Waals surface area contributed by atoms with Crippen molar-refractivity contribution in [1.82, 2.24) is 0 Å². The largest absolute Gasteiger partial charge is 0.748 e. The molecule has 0 fully saturated rings. The molecule has 0 bridgehead atoms. The van der Waals surface area contributed by atoms with Gasteiger partial charge < -0.3 is 39.7 Å². The Labute approximate surface area is 304 Å². The Hall–Kier alpha value is -0.0756. The van der Waals surface area contributed by atoms with Crippen molar-refractivity contribution in [2.24, 2.45) is 0 Å². The number of quaternary nitrogens is 1. The second-order valence-electron chi connectivity index (χ2n) is 16.3. The van der Waals surface area contributed by atoms with Crippen molar-refractivity contribution < 1.29 is 52.9 Å². The Balaban J connectivity index is 4.91. The van der Waals surface area contributed by atoms with E-state index >= 15 is 0 Å². The Kier molecular flexibility index (Phi) is 20.9. The van der Waals surface area contributed by atoms with Gasteiger partial charge in [0.05, 0.1) is 50.6 Å². The van der Waals surface area contributed by atoms with Crippen LogP contribution in [0.5, 0.6) is 0 Å². The van der Waals surface area contributed by atoms with Crippen LogP contribution in [0.4, 0.5) is 0 Å². The maximum absolute atomic E-state index is 12.2. The van der Waals surface area contributed by atoms with Crippen LogP contribution in [-0.2, 0) is 45.6 Å². The number of esters is 1. The molecule has 0 amide bonds. The number of nitrogens with zero attached hydrogens (tertiary/aromatic N) is 1. The zero-order valence-corrected chi connectivity index (χ0v) is 39.1. The van der Waals surface area contributed by atoms with Gasteiger partial charge in [0.15, 0.2) is 16.6 Å². The normalized spacial score (nSPS) is 14.6. The summed E-state index contributed by atoms with van der Waals surface area (Å²) in [5, 5.41) is 0. The zero-order chi connectivity index (χ0) is 38.4. The van der Waals surface area contributed by atoms with Crippen LogP contribution in [-0.4, -0.2) is 131 Å². The van der Waals surface area contributed by atoms with E-state index in [2.05, 4.69) is 79.0 Å². The zero-order valence-electron chi connectivity index (χ0n) is 33.3.